The molecule has 1 aliphatic rings. The Morgan fingerprint density at radius 2 is 2.04 bits per heavy atom. The van der Waals surface area contributed by atoms with E-state index in [-0.39, 0.29) is 18.4 Å². The maximum atomic E-state index is 12.3. The molecule has 5 heteroatoms. The molecular weight excluding hydrogens is 294 g/mol. The van der Waals surface area contributed by atoms with Crippen LogP contribution in [-0.2, 0) is 25.7 Å². The average Bonchev–Trinajstić information content (AvgIpc) is 3.07. The zero-order chi connectivity index (χ0) is 16.7. The van der Waals surface area contributed by atoms with E-state index in [0.29, 0.717) is 19.4 Å². The molecule has 0 bridgehead atoms. The summed E-state index contributed by atoms with van der Waals surface area (Å²) in [7, 11) is 0. The van der Waals surface area contributed by atoms with Crippen molar-refractivity contribution in [1.29, 1.82) is 0 Å². The molecule has 0 radical (unpaired) electrons. The van der Waals surface area contributed by atoms with Crippen molar-refractivity contribution in [3.63, 3.8) is 0 Å². The van der Waals surface area contributed by atoms with Crippen LogP contribution in [-0.4, -0.2) is 30.6 Å². The minimum atomic E-state index is -0.629. The fourth-order valence-corrected chi connectivity index (χ4v) is 2.56. The van der Waals surface area contributed by atoms with Gasteiger partial charge in [0, 0.05) is 6.61 Å². The van der Waals surface area contributed by atoms with E-state index in [1.165, 1.54) is 0 Å². The summed E-state index contributed by atoms with van der Waals surface area (Å²) in [6, 6.07) is 8.87. The molecule has 1 aromatic carbocycles. The lowest BCUT2D eigenvalue weighted by Gasteiger charge is -2.21. The summed E-state index contributed by atoms with van der Waals surface area (Å²) in [5.41, 5.74) is 0.926. The van der Waals surface area contributed by atoms with Crippen molar-refractivity contribution >= 4 is 11.9 Å². The lowest BCUT2D eigenvalue weighted by atomic mass is 10.0. The van der Waals surface area contributed by atoms with Crippen molar-refractivity contribution in [3.05, 3.63) is 35.9 Å². The van der Waals surface area contributed by atoms with Gasteiger partial charge in [0.15, 0.2) is 0 Å². The number of amides is 1. The van der Waals surface area contributed by atoms with Crippen LogP contribution >= 0.6 is 0 Å². The van der Waals surface area contributed by atoms with Gasteiger partial charge in [-0.2, -0.15) is 0 Å². The number of ether oxygens (including phenoxy) is 2. The maximum absolute atomic E-state index is 12.3. The topological polar surface area (TPSA) is 64.6 Å². The third-order valence-corrected chi connectivity index (χ3v) is 3.75. The number of esters is 1. The molecule has 1 saturated heterocycles. The number of rotatable bonds is 7. The van der Waals surface area contributed by atoms with Crippen LogP contribution in [0, 0.1) is 5.92 Å². The molecule has 1 N–H and O–H groups in total. The minimum Gasteiger partial charge on any atom is -0.459 e. The zero-order valence-corrected chi connectivity index (χ0v) is 13.8. The van der Waals surface area contributed by atoms with E-state index in [9.17, 15) is 9.59 Å². The summed E-state index contributed by atoms with van der Waals surface area (Å²) in [6.45, 7) is 4.83. The summed E-state index contributed by atoms with van der Waals surface area (Å²) < 4.78 is 10.7. The highest BCUT2D eigenvalue weighted by Crippen LogP contribution is 2.14. The molecule has 1 aromatic rings. The third-order valence-electron chi connectivity index (χ3n) is 3.75. The predicted molar refractivity (Wildman–Crippen MR) is 86.6 cm³/mol. The van der Waals surface area contributed by atoms with Crippen LogP contribution in [0.4, 0.5) is 0 Å². The van der Waals surface area contributed by atoms with Gasteiger partial charge in [0.25, 0.3) is 0 Å². The first-order valence-electron chi connectivity index (χ1n) is 8.19. The molecule has 2 atom stereocenters. The number of carbonyl (C=O) groups excluding carboxylic acids is 2. The van der Waals surface area contributed by atoms with Crippen molar-refractivity contribution in [2.45, 2.75) is 51.9 Å². The normalized spacial score (nSPS) is 18.7. The zero-order valence-electron chi connectivity index (χ0n) is 13.8. The van der Waals surface area contributed by atoms with Crippen LogP contribution in [0.15, 0.2) is 30.3 Å². The molecule has 2 rings (SSSR count). The highest BCUT2D eigenvalue weighted by atomic mass is 16.5. The first kappa shape index (κ1) is 17.5. The molecule has 1 unspecified atom stereocenters. The highest BCUT2D eigenvalue weighted by Gasteiger charge is 2.29. The Morgan fingerprint density at radius 1 is 1.30 bits per heavy atom. The number of benzene rings is 1. The fraction of sp³-hybridized carbons (Fsp3) is 0.556. The Kier molecular flexibility index (Phi) is 6.59. The molecule has 23 heavy (non-hydrogen) atoms. The molecule has 1 amide bonds. The number of carbonyl (C=O) groups is 2. The summed E-state index contributed by atoms with van der Waals surface area (Å²) in [4.78, 5) is 24.5. The van der Waals surface area contributed by atoms with Crippen molar-refractivity contribution in [1.82, 2.24) is 5.32 Å². The van der Waals surface area contributed by atoms with Crippen LogP contribution in [0.25, 0.3) is 0 Å². The van der Waals surface area contributed by atoms with Crippen molar-refractivity contribution in [2.75, 3.05) is 6.61 Å². The molecule has 0 aliphatic carbocycles. The maximum Gasteiger partial charge on any atom is 0.328 e. The van der Waals surface area contributed by atoms with E-state index in [2.05, 4.69) is 5.32 Å². The quantitative estimate of drug-likeness (QED) is 0.784. The Morgan fingerprint density at radius 3 is 2.65 bits per heavy atom. The molecule has 5 nitrogen and oxygen atoms in total. The van der Waals surface area contributed by atoms with Gasteiger partial charge in [-0.15, -0.1) is 0 Å². The summed E-state index contributed by atoms with van der Waals surface area (Å²) >= 11 is 0. The molecule has 0 saturated carbocycles. The number of nitrogens with one attached hydrogen (secondary N) is 1. The average molecular weight is 319 g/mol. The van der Waals surface area contributed by atoms with Gasteiger partial charge in [0.2, 0.25) is 5.91 Å². The van der Waals surface area contributed by atoms with E-state index < -0.39 is 18.1 Å². The number of hydrogen-bond donors (Lipinski definition) is 1. The second-order valence-electron chi connectivity index (χ2n) is 6.29. The summed E-state index contributed by atoms with van der Waals surface area (Å²) in [5, 5.41) is 2.79. The van der Waals surface area contributed by atoms with E-state index in [1.807, 2.05) is 44.2 Å². The first-order valence-corrected chi connectivity index (χ1v) is 8.19. The third kappa shape index (κ3) is 5.67. The van der Waals surface area contributed by atoms with Crippen LogP contribution < -0.4 is 5.32 Å². The lowest BCUT2D eigenvalue weighted by Crippen LogP contribution is -2.46. The smallest absolute Gasteiger partial charge is 0.328 e. The second kappa shape index (κ2) is 8.67. The molecule has 1 aliphatic heterocycles. The van der Waals surface area contributed by atoms with E-state index in [1.54, 1.807) is 0 Å². The van der Waals surface area contributed by atoms with E-state index in [4.69, 9.17) is 9.47 Å². The SMILES string of the molecule is CC(C)C[C@H](NC(=O)C1CCCO1)C(=O)OCc1ccccc1. The van der Waals surface area contributed by atoms with Crippen LogP contribution in [0.2, 0.25) is 0 Å². The second-order valence-corrected chi connectivity index (χ2v) is 6.29. The molecule has 1 heterocycles. The van der Waals surface area contributed by atoms with Gasteiger partial charge in [0.1, 0.15) is 18.8 Å². The van der Waals surface area contributed by atoms with Crippen LogP contribution in [0.5, 0.6) is 0 Å². The minimum absolute atomic E-state index is 0.212. The molecule has 126 valence electrons. The van der Waals surface area contributed by atoms with Gasteiger partial charge in [-0.25, -0.2) is 4.79 Å². The molecule has 0 spiro atoms. The summed E-state index contributed by atoms with van der Waals surface area (Å²) in [5.74, 6) is -0.340. The molecule has 1 fully saturated rings. The van der Waals surface area contributed by atoms with Gasteiger partial charge < -0.3 is 14.8 Å². The van der Waals surface area contributed by atoms with Crippen LogP contribution in [0.3, 0.4) is 0 Å². The van der Waals surface area contributed by atoms with Crippen molar-refractivity contribution in [3.8, 4) is 0 Å². The fourth-order valence-electron chi connectivity index (χ4n) is 2.56. The Labute approximate surface area is 137 Å². The van der Waals surface area contributed by atoms with Gasteiger partial charge >= 0.3 is 5.97 Å². The highest BCUT2D eigenvalue weighted by molar-refractivity contribution is 5.87. The monoisotopic (exact) mass is 319 g/mol. The largest absolute Gasteiger partial charge is 0.459 e. The van der Waals surface area contributed by atoms with Gasteiger partial charge in [-0.1, -0.05) is 44.2 Å². The Bertz CT molecular complexity index is 509. The summed E-state index contributed by atoms with van der Waals surface area (Å²) in [6.07, 6.45) is 1.70. The van der Waals surface area contributed by atoms with E-state index >= 15 is 0 Å². The predicted octanol–water partition coefficient (Wildman–Crippen LogP) is 2.44. The number of hydrogen-bond acceptors (Lipinski definition) is 4. The van der Waals surface area contributed by atoms with Gasteiger partial charge in [-0.3, -0.25) is 4.79 Å². The van der Waals surface area contributed by atoms with Gasteiger partial charge in [-0.05, 0) is 30.7 Å². The van der Waals surface area contributed by atoms with Gasteiger partial charge in [0.05, 0.1) is 0 Å². The molecule has 0 aromatic heterocycles. The Hall–Kier alpha value is -1.88. The lowest BCUT2D eigenvalue weighted by molar-refractivity contribution is -0.150. The van der Waals surface area contributed by atoms with Crippen molar-refractivity contribution < 1.29 is 19.1 Å². The standard InChI is InChI=1S/C18H25NO4/c1-13(2)11-15(19-17(20)16-9-6-10-22-16)18(21)23-12-14-7-4-3-5-8-14/h3-5,7-8,13,15-16H,6,9-12H2,1-2H3,(H,19,20)/t15-,16?/m0/s1. The van der Waals surface area contributed by atoms with Crippen LogP contribution in [0.1, 0.15) is 38.7 Å². The van der Waals surface area contributed by atoms with Crippen molar-refractivity contribution in [2.24, 2.45) is 5.92 Å². The first-order chi connectivity index (χ1) is 11.1. The van der Waals surface area contributed by atoms with E-state index in [0.717, 1.165) is 12.0 Å². The molecular formula is C18H25NO4. The Balaban J connectivity index is 1.90.